The summed E-state index contributed by atoms with van der Waals surface area (Å²) in [4.78, 5) is 14.9. The highest BCUT2D eigenvalue weighted by molar-refractivity contribution is 7.99. The topological polar surface area (TPSA) is 60.3 Å². The Balaban J connectivity index is 1.54. The molecule has 2 aromatic rings. The van der Waals surface area contributed by atoms with E-state index in [4.69, 9.17) is 4.74 Å². The number of benzene rings is 1. The molecular formula is C26H37FN4O2S. The largest absolute Gasteiger partial charge is 0.483 e. The van der Waals surface area contributed by atoms with Crippen molar-refractivity contribution in [2.45, 2.75) is 90.2 Å². The van der Waals surface area contributed by atoms with Crippen molar-refractivity contribution in [3.05, 3.63) is 35.9 Å². The van der Waals surface area contributed by atoms with Crippen LogP contribution in [0.5, 0.6) is 5.75 Å². The molecule has 0 aliphatic heterocycles. The van der Waals surface area contributed by atoms with E-state index in [1.807, 2.05) is 32.6 Å². The van der Waals surface area contributed by atoms with Gasteiger partial charge in [-0.1, -0.05) is 30.3 Å². The van der Waals surface area contributed by atoms with Crippen molar-refractivity contribution in [2.24, 2.45) is 17.8 Å². The Labute approximate surface area is 206 Å². The van der Waals surface area contributed by atoms with Gasteiger partial charge in [0.05, 0.1) is 5.75 Å². The smallest absolute Gasteiger partial charge is 0.233 e. The molecule has 2 aliphatic rings. The minimum atomic E-state index is -0.391. The molecule has 2 aliphatic carbocycles. The van der Waals surface area contributed by atoms with Gasteiger partial charge in [0.1, 0.15) is 6.61 Å². The molecule has 4 rings (SSSR count). The van der Waals surface area contributed by atoms with Gasteiger partial charge in [0.2, 0.25) is 5.91 Å². The Bertz CT molecular complexity index is 987. The molecule has 34 heavy (non-hydrogen) atoms. The van der Waals surface area contributed by atoms with E-state index in [-0.39, 0.29) is 36.4 Å². The van der Waals surface area contributed by atoms with E-state index < -0.39 is 5.82 Å². The molecule has 1 heterocycles. The predicted octanol–water partition coefficient (Wildman–Crippen LogP) is 5.73. The van der Waals surface area contributed by atoms with Gasteiger partial charge in [0, 0.05) is 18.1 Å². The van der Waals surface area contributed by atoms with Gasteiger partial charge in [-0.15, -0.1) is 10.2 Å². The highest BCUT2D eigenvalue weighted by Crippen LogP contribution is 2.52. The van der Waals surface area contributed by atoms with Crippen LogP contribution in [0.1, 0.15) is 72.2 Å². The average molecular weight is 489 g/mol. The fraction of sp³-hybridized carbons (Fsp3) is 0.654. The number of carbonyl (C=O) groups is 1. The van der Waals surface area contributed by atoms with Gasteiger partial charge in [-0.05, 0) is 83.8 Å². The Morgan fingerprint density at radius 1 is 1.15 bits per heavy atom. The van der Waals surface area contributed by atoms with Gasteiger partial charge < -0.3 is 9.64 Å². The number of halogens is 1. The molecule has 1 amide bonds. The first-order valence-electron chi connectivity index (χ1n) is 12.5. The van der Waals surface area contributed by atoms with Crippen LogP contribution in [0.15, 0.2) is 29.4 Å². The van der Waals surface area contributed by atoms with Crippen molar-refractivity contribution in [3.8, 4) is 5.75 Å². The van der Waals surface area contributed by atoms with Crippen molar-refractivity contribution < 1.29 is 13.9 Å². The van der Waals surface area contributed by atoms with E-state index in [9.17, 15) is 9.18 Å². The van der Waals surface area contributed by atoms with Crippen molar-refractivity contribution in [1.29, 1.82) is 0 Å². The zero-order chi connectivity index (χ0) is 24.4. The highest BCUT2D eigenvalue weighted by Gasteiger charge is 2.43. The van der Waals surface area contributed by atoms with Crippen molar-refractivity contribution in [2.75, 3.05) is 5.75 Å². The van der Waals surface area contributed by atoms with Gasteiger partial charge in [-0.3, -0.25) is 9.36 Å². The first-order valence-corrected chi connectivity index (χ1v) is 13.5. The maximum absolute atomic E-state index is 14.1. The van der Waals surface area contributed by atoms with Crippen LogP contribution in [-0.4, -0.2) is 43.4 Å². The molecule has 186 valence electrons. The number of amides is 1. The fourth-order valence-electron chi connectivity index (χ4n) is 6.07. The molecule has 1 aromatic heterocycles. The highest BCUT2D eigenvalue weighted by atomic mass is 32.2. The van der Waals surface area contributed by atoms with Gasteiger partial charge >= 0.3 is 0 Å². The molecule has 8 heteroatoms. The van der Waals surface area contributed by atoms with E-state index in [1.54, 1.807) is 18.2 Å². The number of thioether (sulfide) groups is 1. The maximum atomic E-state index is 14.1. The summed E-state index contributed by atoms with van der Waals surface area (Å²) < 4.78 is 22.1. The number of aromatic nitrogens is 3. The summed E-state index contributed by atoms with van der Waals surface area (Å²) in [6, 6.07) is 6.89. The molecule has 6 nitrogen and oxygen atoms in total. The van der Waals surface area contributed by atoms with Crippen molar-refractivity contribution in [3.63, 3.8) is 0 Å². The fourth-order valence-corrected chi connectivity index (χ4v) is 6.98. The average Bonchev–Trinajstić information content (AvgIpc) is 3.52. The molecule has 4 atom stereocenters. The van der Waals surface area contributed by atoms with Crippen molar-refractivity contribution >= 4 is 17.7 Å². The first kappa shape index (κ1) is 25.0. The van der Waals surface area contributed by atoms with Gasteiger partial charge in [-0.2, -0.15) is 0 Å². The summed E-state index contributed by atoms with van der Waals surface area (Å²) >= 11 is 1.44. The lowest BCUT2D eigenvalue weighted by Crippen LogP contribution is -2.43. The van der Waals surface area contributed by atoms with Crippen LogP contribution < -0.4 is 4.74 Å². The Hall–Kier alpha value is -2.09. The Morgan fingerprint density at radius 2 is 1.88 bits per heavy atom. The van der Waals surface area contributed by atoms with Crippen LogP contribution in [0.4, 0.5) is 4.39 Å². The first-order chi connectivity index (χ1) is 16.3. The van der Waals surface area contributed by atoms with E-state index in [0.29, 0.717) is 17.5 Å². The lowest BCUT2D eigenvalue weighted by molar-refractivity contribution is -0.131. The Morgan fingerprint density at radius 3 is 2.50 bits per heavy atom. The van der Waals surface area contributed by atoms with Crippen LogP contribution in [0, 0.1) is 23.6 Å². The zero-order valence-electron chi connectivity index (χ0n) is 20.9. The molecule has 0 spiro atoms. The second-order valence-corrected chi connectivity index (χ2v) is 11.3. The van der Waals surface area contributed by atoms with Crippen LogP contribution >= 0.6 is 11.8 Å². The third kappa shape index (κ3) is 5.26. The number of para-hydroxylation sites is 1. The normalized spacial score (nSPS) is 22.5. The number of ether oxygens (including phenoxy) is 1. The van der Waals surface area contributed by atoms with Gasteiger partial charge in [0.15, 0.2) is 22.5 Å². The van der Waals surface area contributed by atoms with Crippen LogP contribution in [-0.2, 0) is 11.4 Å². The van der Waals surface area contributed by atoms with Gasteiger partial charge in [0.25, 0.3) is 0 Å². The molecule has 0 radical (unpaired) electrons. The molecule has 0 N–H and O–H groups in total. The number of hydrogen-bond acceptors (Lipinski definition) is 5. The van der Waals surface area contributed by atoms with Crippen LogP contribution in [0.2, 0.25) is 0 Å². The number of fused-ring (bicyclic) bond motifs is 2. The Kier molecular flexibility index (Phi) is 7.85. The third-order valence-corrected chi connectivity index (χ3v) is 8.40. The maximum Gasteiger partial charge on any atom is 0.233 e. The molecule has 2 saturated carbocycles. The second-order valence-electron chi connectivity index (χ2n) is 10.3. The van der Waals surface area contributed by atoms with E-state index >= 15 is 0 Å². The second kappa shape index (κ2) is 10.7. The van der Waals surface area contributed by atoms with Gasteiger partial charge in [-0.25, -0.2) is 4.39 Å². The van der Waals surface area contributed by atoms with E-state index in [2.05, 4.69) is 21.7 Å². The summed E-state index contributed by atoms with van der Waals surface area (Å²) in [5, 5.41) is 9.63. The summed E-state index contributed by atoms with van der Waals surface area (Å²) in [5.74, 6) is 3.04. The zero-order valence-corrected chi connectivity index (χ0v) is 21.7. The molecular weight excluding hydrogens is 451 g/mol. The minimum absolute atomic E-state index is 0.0984. The number of nitrogens with zero attached hydrogens (tertiary/aromatic N) is 4. The lowest BCUT2D eigenvalue weighted by atomic mass is 9.84. The van der Waals surface area contributed by atoms with E-state index in [0.717, 1.165) is 17.0 Å². The standard InChI is InChI=1S/C26H37FN4O2S/c1-16(2)30(17(3)4)25(32)15-34-26-29-28-24(14-33-23-9-7-6-8-22(23)27)31(26)18(5)21-13-19-10-11-20(21)12-19/h6-9,16-21H,10-15H2,1-5H3/t18-,19-,20-,21-/m0/s1. The molecule has 1 aromatic carbocycles. The number of carbonyl (C=O) groups excluding carboxylic acids is 1. The number of rotatable bonds is 10. The monoisotopic (exact) mass is 488 g/mol. The molecule has 0 saturated heterocycles. The van der Waals surface area contributed by atoms with E-state index in [1.165, 1.54) is 43.5 Å². The van der Waals surface area contributed by atoms with Crippen LogP contribution in [0.3, 0.4) is 0 Å². The molecule has 2 fully saturated rings. The molecule has 2 bridgehead atoms. The summed E-state index contributed by atoms with van der Waals surface area (Å²) in [5.41, 5.74) is 0. The SMILES string of the molecule is CC(C)N(C(=O)CSc1nnc(COc2ccccc2F)n1[C@@H](C)[C@@H]1C[C@H]2CC[C@H]1C2)C(C)C. The van der Waals surface area contributed by atoms with Crippen molar-refractivity contribution in [1.82, 2.24) is 19.7 Å². The summed E-state index contributed by atoms with van der Waals surface area (Å²) in [6.45, 7) is 10.5. The quantitative estimate of drug-likeness (QED) is 0.400. The predicted molar refractivity (Wildman–Crippen MR) is 132 cm³/mol. The lowest BCUT2D eigenvalue weighted by Gasteiger charge is -2.31. The molecule has 0 unspecified atom stereocenters. The summed E-state index contributed by atoms with van der Waals surface area (Å²) in [6.07, 6.45) is 5.18. The number of hydrogen-bond donors (Lipinski definition) is 0. The minimum Gasteiger partial charge on any atom is -0.483 e. The summed E-state index contributed by atoms with van der Waals surface area (Å²) in [7, 11) is 0. The third-order valence-electron chi connectivity index (χ3n) is 7.47. The van der Waals surface area contributed by atoms with Crippen LogP contribution in [0.25, 0.3) is 0 Å².